The maximum absolute atomic E-state index is 13.6. The van der Waals surface area contributed by atoms with E-state index in [4.69, 9.17) is 11.5 Å². The zero-order chi connectivity index (χ0) is 34.6. The predicted molar refractivity (Wildman–Crippen MR) is 180 cm³/mol. The lowest BCUT2D eigenvalue weighted by Crippen LogP contribution is -2.58. The van der Waals surface area contributed by atoms with Crippen LogP contribution in [0.5, 0.6) is 0 Å². The summed E-state index contributed by atoms with van der Waals surface area (Å²) >= 11 is 0. The van der Waals surface area contributed by atoms with Crippen LogP contribution in [-0.2, 0) is 30.4 Å². The third-order valence-electron chi connectivity index (χ3n) is 8.04. The molecule has 0 aliphatic rings. The fourth-order valence-corrected chi connectivity index (χ4v) is 5.03. The average Bonchev–Trinajstić information content (AvgIpc) is 3.02. The van der Waals surface area contributed by atoms with Crippen molar-refractivity contribution in [1.82, 2.24) is 20.9 Å². The van der Waals surface area contributed by atoms with Crippen molar-refractivity contribution in [2.45, 2.75) is 85.0 Å². The molecule has 252 valence electrons. The van der Waals surface area contributed by atoms with Gasteiger partial charge >= 0.3 is 0 Å². The maximum atomic E-state index is 13.6. The number of likely N-dealkylation sites (N-methyl/N-ethyl adjacent to an activating group) is 1. The molecule has 0 unspecified atom stereocenters. The summed E-state index contributed by atoms with van der Waals surface area (Å²) in [6.07, 6.45) is 0.960. The van der Waals surface area contributed by atoms with Gasteiger partial charge in [-0.2, -0.15) is 0 Å². The number of nitrogens with two attached hydrogens (primary N) is 2. The number of rotatable bonds is 17. The highest BCUT2D eigenvalue weighted by molar-refractivity contribution is 5.95. The molecule has 0 heterocycles. The molecule has 0 aromatic heterocycles. The van der Waals surface area contributed by atoms with E-state index in [1.165, 1.54) is 11.9 Å². The number of nitrogens with zero attached hydrogens (tertiary/aromatic N) is 1. The van der Waals surface area contributed by atoms with Crippen molar-refractivity contribution in [2.24, 2.45) is 29.2 Å². The molecule has 46 heavy (non-hydrogen) atoms. The van der Waals surface area contributed by atoms with E-state index in [2.05, 4.69) is 16.0 Å². The highest BCUT2D eigenvalue weighted by Gasteiger charge is 2.34. The van der Waals surface area contributed by atoms with Crippen molar-refractivity contribution in [3.05, 3.63) is 60.2 Å². The van der Waals surface area contributed by atoms with Crippen LogP contribution in [0.4, 0.5) is 0 Å². The van der Waals surface area contributed by atoms with Gasteiger partial charge in [0.15, 0.2) is 0 Å². The molecule has 0 aliphatic heterocycles. The number of hydrogen-bond acceptors (Lipinski definition) is 6. The molecular weight excluding hydrogens is 584 g/mol. The van der Waals surface area contributed by atoms with E-state index in [1.807, 2.05) is 89.2 Å². The van der Waals surface area contributed by atoms with Crippen LogP contribution in [0.25, 0.3) is 11.1 Å². The number of benzene rings is 2. The third kappa shape index (κ3) is 11.3. The zero-order valence-electron chi connectivity index (χ0n) is 28.2. The molecule has 0 saturated carbocycles. The minimum Gasteiger partial charge on any atom is -0.368 e. The summed E-state index contributed by atoms with van der Waals surface area (Å²) in [5.74, 6) is -3.13. The molecule has 0 aliphatic carbocycles. The molecule has 0 fully saturated rings. The molecule has 11 nitrogen and oxygen atoms in total. The van der Waals surface area contributed by atoms with E-state index in [0.29, 0.717) is 12.8 Å². The van der Waals surface area contributed by atoms with Gasteiger partial charge in [-0.15, -0.1) is 0 Å². The van der Waals surface area contributed by atoms with Crippen molar-refractivity contribution in [3.63, 3.8) is 0 Å². The number of amides is 5. The van der Waals surface area contributed by atoms with Crippen LogP contribution in [0, 0.1) is 17.8 Å². The standard InChI is InChI=1S/C35H52N6O5/c1-21(2)19-29(34(45)38-28(17-18-36)31(37)42)39-33(44)24(6)41(7)35(46)30(22(3)4)40-32(43)23(5)20-25-13-15-27(16-14-25)26-11-9-8-10-12-26/h8-16,21-24,28-30H,17-20,36H2,1-7H3,(H2,37,42)(H,38,45)(H,39,44)(H,40,43)/t23-,24-,28-,29+,30-/m0/s1. The van der Waals surface area contributed by atoms with Gasteiger partial charge < -0.3 is 32.3 Å². The number of carbonyl (C=O) groups excluding carboxylic acids is 5. The first kappa shape index (κ1) is 37.9. The molecule has 7 N–H and O–H groups in total. The molecular formula is C35H52N6O5. The quantitative estimate of drug-likeness (QED) is 0.178. The fraction of sp³-hybridized carbons (Fsp3) is 0.514. The summed E-state index contributed by atoms with van der Waals surface area (Å²) < 4.78 is 0. The lowest BCUT2D eigenvalue weighted by atomic mass is 9.96. The van der Waals surface area contributed by atoms with E-state index in [1.54, 1.807) is 6.92 Å². The van der Waals surface area contributed by atoms with Crippen molar-refractivity contribution in [1.29, 1.82) is 0 Å². The molecule has 5 amide bonds. The SMILES string of the molecule is CC(C)C[C@@H](NC(=O)[C@H](C)N(C)C(=O)[C@@H](NC(=O)[C@@H](C)Cc1ccc(-c2ccccc2)cc1)C(C)C)C(=O)N[C@@H](CCN)C(N)=O. The summed E-state index contributed by atoms with van der Waals surface area (Å²) in [5.41, 5.74) is 14.1. The van der Waals surface area contributed by atoms with Gasteiger partial charge in [0.2, 0.25) is 29.5 Å². The first-order valence-corrected chi connectivity index (χ1v) is 16.0. The molecule has 0 radical (unpaired) electrons. The van der Waals surface area contributed by atoms with E-state index in [0.717, 1.165) is 16.7 Å². The summed E-state index contributed by atoms with van der Waals surface area (Å²) in [5, 5.41) is 8.20. The van der Waals surface area contributed by atoms with Gasteiger partial charge in [-0.3, -0.25) is 24.0 Å². The third-order valence-corrected chi connectivity index (χ3v) is 8.04. The minimum atomic E-state index is -0.961. The Morgan fingerprint density at radius 3 is 1.83 bits per heavy atom. The molecule has 2 rings (SSSR count). The molecule has 0 bridgehead atoms. The predicted octanol–water partition coefficient (Wildman–Crippen LogP) is 2.37. The van der Waals surface area contributed by atoms with Gasteiger partial charge in [-0.1, -0.05) is 89.2 Å². The number of hydrogen-bond donors (Lipinski definition) is 5. The lowest BCUT2D eigenvalue weighted by Gasteiger charge is -2.32. The monoisotopic (exact) mass is 636 g/mol. The van der Waals surface area contributed by atoms with Gasteiger partial charge in [0.05, 0.1) is 0 Å². The first-order chi connectivity index (χ1) is 21.7. The summed E-state index contributed by atoms with van der Waals surface area (Å²) in [6.45, 7) is 11.0. The topological polar surface area (TPSA) is 177 Å². The van der Waals surface area contributed by atoms with Crippen LogP contribution < -0.4 is 27.4 Å². The second-order valence-electron chi connectivity index (χ2n) is 12.8. The summed E-state index contributed by atoms with van der Waals surface area (Å²) in [7, 11) is 1.49. The smallest absolute Gasteiger partial charge is 0.245 e. The van der Waals surface area contributed by atoms with Crippen molar-refractivity contribution < 1.29 is 24.0 Å². The molecule has 2 aromatic carbocycles. The van der Waals surface area contributed by atoms with Crippen LogP contribution >= 0.6 is 0 Å². The van der Waals surface area contributed by atoms with Crippen LogP contribution in [0.2, 0.25) is 0 Å². The summed E-state index contributed by atoms with van der Waals surface area (Å²) in [4.78, 5) is 66.2. The number of nitrogens with one attached hydrogen (secondary N) is 3. The molecule has 5 atom stereocenters. The lowest BCUT2D eigenvalue weighted by molar-refractivity contribution is -0.143. The molecule has 0 saturated heterocycles. The highest BCUT2D eigenvalue weighted by atomic mass is 16.2. The number of primary amides is 1. The average molecular weight is 637 g/mol. The Balaban J connectivity index is 2.06. The minimum absolute atomic E-state index is 0.0385. The van der Waals surface area contributed by atoms with Gasteiger partial charge in [0.25, 0.3) is 0 Å². The van der Waals surface area contributed by atoms with E-state index in [-0.39, 0.29) is 30.7 Å². The first-order valence-electron chi connectivity index (χ1n) is 16.0. The van der Waals surface area contributed by atoms with Crippen LogP contribution in [0.1, 0.15) is 59.9 Å². The Bertz CT molecular complexity index is 1310. The zero-order valence-corrected chi connectivity index (χ0v) is 28.2. The van der Waals surface area contributed by atoms with Crippen molar-refractivity contribution >= 4 is 29.5 Å². The largest absolute Gasteiger partial charge is 0.368 e. The van der Waals surface area contributed by atoms with E-state index in [9.17, 15) is 24.0 Å². The van der Waals surface area contributed by atoms with Crippen LogP contribution in [-0.4, -0.2) is 72.2 Å². The van der Waals surface area contributed by atoms with Gasteiger partial charge in [-0.05, 0) is 61.3 Å². The van der Waals surface area contributed by atoms with Crippen LogP contribution in [0.15, 0.2) is 54.6 Å². The van der Waals surface area contributed by atoms with Crippen molar-refractivity contribution in [2.75, 3.05) is 13.6 Å². The van der Waals surface area contributed by atoms with Gasteiger partial charge in [-0.25, -0.2) is 0 Å². The Hall–Kier alpha value is -4.25. The van der Waals surface area contributed by atoms with Gasteiger partial charge in [0.1, 0.15) is 24.2 Å². The van der Waals surface area contributed by atoms with Crippen LogP contribution in [0.3, 0.4) is 0 Å². The Morgan fingerprint density at radius 2 is 1.30 bits per heavy atom. The van der Waals surface area contributed by atoms with Gasteiger partial charge in [0, 0.05) is 13.0 Å². The maximum Gasteiger partial charge on any atom is 0.245 e. The Labute approximate surface area is 273 Å². The normalized spacial score (nSPS) is 14.5. The Kier molecular flexibility index (Phi) is 14.9. The molecule has 2 aromatic rings. The fourth-order valence-electron chi connectivity index (χ4n) is 5.03. The molecule has 11 heteroatoms. The highest BCUT2D eigenvalue weighted by Crippen LogP contribution is 2.21. The van der Waals surface area contributed by atoms with Crippen molar-refractivity contribution in [3.8, 4) is 11.1 Å². The summed E-state index contributed by atoms with van der Waals surface area (Å²) in [6, 6.07) is 14.4. The second-order valence-corrected chi connectivity index (χ2v) is 12.8. The van der Waals surface area contributed by atoms with E-state index >= 15 is 0 Å². The Morgan fingerprint density at radius 1 is 0.739 bits per heavy atom. The van der Waals surface area contributed by atoms with E-state index < -0.39 is 53.7 Å². The second kappa shape index (κ2) is 18.0. The molecule has 0 spiro atoms. The number of carbonyl (C=O) groups is 5.